The Hall–Kier alpha value is -2.53. The van der Waals surface area contributed by atoms with E-state index in [9.17, 15) is 10.1 Å². The van der Waals surface area contributed by atoms with E-state index in [4.69, 9.17) is 14.2 Å². The first kappa shape index (κ1) is 20.8. The van der Waals surface area contributed by atoms with Crippen LogP contribution in [0.25, 0.3) is 6.08 Å². The Morgan fingerprint density at radius 1 is 1.15 bits per heavy atom. The van der Waals surface area contributed by atoms with Crippen molar-refractivity contribution in [2.45, 2.75) is 20.5 Å². The fourth-order valence-corrected chi connectivity index (χ4v) is 3.10. The van der Waals surface area contributed by atoms with E-state index in [1.165, 1.54) is 6.08 Å². The number of esters is 1. The Balaban J connectivity index is 2.32. The quantitative estimate of drug-likeness (QED) is 0.238. The third-order valence-electron chi connectivity index (χ3n) is 3.48. The SMILES string of the molecule is CCOC(=O)/C(C#N)=C/c1cc(I)c(OCc2ccccc2)c(OCC)c1. The molecule has 0 spiro atoms. The molecule has 0 heterocycles. The molecule has 0 atom stereocenters. The lowest BCUT2D eigenvalue weighted by Crippen LogP contribution is -2.06. The number of ether oxygens (including phenoxy) is 3. The Bertz CT molecular complexity index is 856. The van der Waals surface area contributed by atoms with Crippen molar-refractivity contribution in [1.29, 1.82) is 5.26 Å². The zero-order chi connectivity index (χ0) is 19.6. The first-order valence-electron chi connectivity index (χ1n) is 8.51. The number of carbonyl (C=O) groups is 1. The van der Waals surface area contributed by atoms with E-state index in [0.29, 0.717) is 30.3 Å². The highest BCUT2D eigenvalue weighted by Crippen LogP contribution is 2.35. The molecule has 0 saturated carbocycles. The zero-order valence-electron chi connectivity index (χ0n) is 15.2. The summed E-state index contributed by atoms with van der Waals surface area (Å²) in [7, 11) is 0. The van der Waals surface area contributed by atoms with Gasteiger partial charge in [0.15, 0.2) is 11.5 Å². The highest BCUT2D eigenvalue weighted by Gasteiger charge is 2.15. The number of hydrogen-bond acceptors (Lipinski definition) is 5. The summed E-state index contributed by atoms with van der Waals surface area (Å²) in [4.78, 5) is 11.8. The largest absolute Gasteiger partial charge is 0.490 e. The lowest BCUT2D eigenvalue weighted by Gasteiger charge is -2.15. The van der Waals surface area contributed by atoms with Crippen LogP contribution in [0, 0.1) is 14.9 Å². The van der Waals surface area contributed by atoms with Gasteiger partial charge in [-0.2, -0.15) is 5.26 Å². The summed E-state index contributed by atoms with van der Waals surface area (Å²) in [5.74, 6) is 0.554. The number of nitrogens with zero attached hydrogens (tertiary/aromatic N) is 1. The summed E-state index contributed by atoms with van der Waals surface area (Å²) in [5, 5.41) is 9.21. The second-order valence-corrected chi connectivity index (χ2v) is 6.59. The molecule has 6 heteroatoms. The van der Waals surface area contributed by atoms with Crippen LogP contribution in [0.5, 0.6) is 11.5 Å². The number of benzene rings is 2. The monoisotopic (exact) mass is 477 g/mol. The van der Waals surface area contributed by atoms with Crippen LogP contribution in [0.15, 0.2) is 48.0 Å². The van der Waals surface area contributed by atoms with Crippen molar-refractivity contribution in [3.05, 3.63) is 62.7 Å². The lowest BCUT2D eigenvalue weighted by atomic mass is 10.1. The van der Waals surface area contributed by atoms with Crippen LogP contribution in [0.1, 0.15) is 25.0 Å². The van der Waals surface area contributed by atoms with E-state index in [0.717, 1.165) is 9.13 Å². The Labute approximate surface area is 172 Å². The molecule has 0 radical (unpaired) electrons. The third kappa shape index (κ3) is 6.00. The van der Waals surface area contributed by atoms with Gasteiger partial charge in [-0.25, -0.2) is 4.79 Å². The van der Waals surface area contributed by atoms with Gasteiger partial charge in [0.2, 0.25) is 0 Å². The molecule has 5 nitrogen and oxygen atoms in total. The van der Waals surface area contributed by atoms with Crippen molar-refractivity contribution in [2.24, 2.45) is 0 Å². The fourth-order valence-electron chi connectivity index (χ4n) is 2.32. The number of rotatable bonds is 8. The Morgan fingerprint density at radius 3 is 2.52 bits per heavy atom. The Kier molecular flexibility index (Phi) is 8.14. The van der Waals surface area contributed by atoms with E-state index >= 15 is 0 Å². The second kappa shape index (κ2) is 10.6. The minimum absolute atomic E-state index is 0.0620. The molecule has 0 N–H and O–H groups in total. The first-order valence-corrected chi connectivity index (χ1v) is 9.58. The summed E-state index contributed by atoms with van der Waals surface area (Å²) >= 11 is 2.15. The molecule has 27 heavy (non-hydrogen) atoms. The van der Waals surface area contributed by atoms with E-state index in [-0.39, 0.29) is 12.2 Å². The summed E-state index contributed by atoms with van der Waals surface area (Å²) in [6.07, 6.45) is 1.49. The lowest BCUT2D eigenvalue weighted by molar-refractivity contribution is -0.137. The van der Waals surface area contributed by atoms with Gasteiger partial charge < -0.3 is 14.2 Å². The van der Waals surface area contributed by atoms with Gasteiger partial charge in [-0.15, -0.1) is 0 Å². The first-order chi connectivity index (χ1) is 13.1. The molecule has 0 aliphatic heterocycles. The van der Waals surface area contributed by atoms with Gasteiger partial charge >= 0.3 is 5.97 Å². The van der Waals surface area contributed by atoms with E-state index in [2.05, 4.69) is 22.6 Å². The van der Waals surface area contributed by atoms with Gasteiger partial charge in [0.25, 0.3) is 0 Å². The predicted octanol–water partition coefficient (Wildman–Crippen LogP) is 4.74. The van der Waals surface area contributed by atoms with Crippen molar-refractivity contribution in [1.82, 2.24) is 0 Å². The number of halogens is 1. The third-order valence-corrected chi connectivity index (χ3v) is 4.29. The molecule has 0 fully saturated rings. The molecule has 0 unspecified atom stereocenters. The summed E-state index contributed by atoms with van der Waals surface area (Å²) in [5.41, 5.74) is 1.65. The Morgan fingerprint density at radius 2 is 1.89 bits per heavy atom. The van der Waals surface area contributed by atoms with Crippen LogP contribution in [0.4, 0.5) is 0 Å². The molecule has 0 aromatic heterocycles. The van der Waals surface area contributed by atoms with Gasteiger partial charge in [0.1, 0.15) is 18.2 Å². The molecule has 140 valence electrons. The number of hydrogen-bond donors (Lipinski definition) is 0. The van der Waals surface area contributed by atoms with Crippen LogP contribution in [-0.4, -0.2) is 19.2 Å². The van der Waals surface area contributed by atoms with Crippen molar-refractivity contribution >= 4 is 34.6 Å². The maximum atomic E-state index is 11.8. The molecule has 2 aromatic carbocycles. The van der Waals surface area contributed by atoms with E-state index in [1.54, 1.807) is 13.0 Å². The molecule has 2 aromatic rings. The van der Waals surface area contributed by atoms with Crippen LogP contribution in [0.2, 0.25) is 0 Å². The van der Waals surface area contributed by atoms with Gasteiger partial charge in [0, 0.05) is 0 Å². The molecule has 2 rings (SSSR count). The van der Waals surface area contributed by atoms with Crippen LogP contribution >= 0.6 is 22.6 Å². The summed E-state index contributed by atoms with van der Waals surface area (Å²) in [6, 6.07) is 15.3. The minimum Gasteiger partial charge on any atom is -0.490 e. The second-order valence-electron chi connectivity index (χ2n) is 5.43. The predicted molar refractivity (Wildman–Crippen MR) is 111 cm³/mol. The smallest absolute Gasteiger partial charge is 0.348 e. The molecular formula is C21H20INO4. The average Bonchev–Trinajstić information content (AvgIpc) is 2.66. The van der Waals surface area contributed by atoms with E-state index < -0.39 is 5.97 Å². The molecular weight excluding hydrogens is 457 g/mol. The minimum atomic E-state index is -0.641. The van der Waals surface area contributed by atoms with Crippen molar-refractivity contribution in [3.63, 3.8) is 0 Å². The maximum absolute atomic E-state index is 11.8. The molecule has 0 aliphatic rings. The van der Waals surface area contributed by atoms with Crippen molar-refractivity contribution < 1.29 is 19.0 Å². The highest BCUT2D eigenvalue weighted by molar-refractivity contribution is 14.1. The van der Waals surface area contributed by atoms with Crippen LogP contribution in [0.3, 0.4) is 0 Å². The van der Waals surface area contributed by atoms with E-state index in [1.807, 2.05) is 49.4 Å². The zero-order valence-corrected chi connectivity index (χ0v) is 17.4. The standard InChI is InChI=1S/C21H20INO4/c1-3-25-19-12-16(10-17(13-23)21(24)26-4-2)11-18(22)20(19)27-14-15-8-6-5-7-9-15/h5-12H,3-4,14H2,1-2H3/b17-10+. The van der Waals surface area contributed by atoms with Crippen LogP contribution in [-0.2, 0) is 16.1 Å². The molecule has 0 amide bonds. The fraction of sp³-hybridized carbons (Fsp3) is 0.238. The normalized spacial score (nSPS) is 10.8. The average molecular weight is 477 g/mol. The molecule has 0 bridgehead atoms. The number of carbonyl (C=O) groups excluding carboxylic acids is 1. The van der Waals surface area contributed by atoms with Crippen molar-refractivity contribution in [2.75, 3.05) is 13.2 Å². The van der Waals surface area contributed by atoms with Gasteiger partial charge in [-0.3, -0.25) is 0 Å². The summed E-state index contributed by atoms with van der Waals surface area (Å²) < 4.78 is 17.4. The molecule has 0 saturated heterocycles. The summed E-state index contributed by atoms with van der Waals surface area (Å²) in [6.45, 7) is 4.68. The molecule has 0 aliphatic carbocycles. The van der Waals surface area contributed by atoms with Crippen molar-refractivity contribution in [3.8, 4) is 17.6 Å². The van der Waals surface area contributed by atoms with Crippen LogP contribution < -0.4 is 9.47 Å². The van der Waals surface area contributed by atoms with Gasteiger partial charge in [0.05, 0.1) is 16.8 Å². The van der Waals surface area contributed by atoms with Gasteiger partial charge in [-0.05, 0) is 65.8 Å². The maximum Gasteiger partial charge on any atom is 0.348 e. The highest BCUT2D eigenvalue weighted by atomic mass is 127. The van der Waals surface area contributed by atoms with Gasteiger partial charge in [-0.1, -0.05) is 30.3 Å². The number of nitriles is 1. The topological polar surface area (TPSA) is 68.6 Å².